The average molecular weight is 242 g/mol. The zero-order valence-electron chi connectivity index (χ0n) is 11.5. The fourth-order valence-electron chi connectivity index (χ4n) is 2.53. The number of rotatable bonds is 9. The molecule has 1 fully saturated rings. The minimum Gasteiger partial charge on any atom is -0.379 e. The molecule has 1 aliphatic carbocycles. The molecule has 3 heteroatoms. The van der Waals surface area contributed by atoms with Crippen molar-refractivity contribution in [3.8, 4) is 0 Å². The van der Waals surface area contributed by atoms with Crippen LogP contribution >= 0.6 is 0 Å². The summed E-state index contributed by atoms with van der Waals surface area (Å²) in [5.41, 5.74) is -0.191. The molecular formula is C14H26O3. The molecule has 0 saturated heterocycles. The van der Waals surface area contributed by atoms with Crippen molar-refractivity contribution in [1.29, 1.82) is 0 Å². The highest BCUT2D eigenvalue weighted by atomic mass is 16.5. The number of carbonyl (C=O) groups excluding carboxylic acids is 1. The van der Waals surface area contributed by atoms with Gasteiger partial charge in [0.15, 0.2) is 0 Å². The summed E-state index contributed by atoms with van der Waals surface area (Å²) >= 11 is 0. The van der Waals surface area contributed by atoms with Crippen LogP contribution in [0, 0.1) is 5.41 Å². The minimum absolute atomic E-state index is 0.125. The van der Waals surface area contributed by atoms with E-state index in [0.29, 0.717) is 25.4 Å². The first-order valence-corrected chi connectivity index (χ1v) is 6.93. The number of hydrogen-bond acceptors (Lipinski definition) is 3. The van der Waals surface area contributed by atoms with Crippen LogP contribution in [0.5, 0.6) is 0 Å². The summed E-state index contributed by atoms with van der Waals surface area (Å²) in [6.07, 6.45) is 4.77. The third-order valence-electron chi connectivity index (χ3n) is 3.99. The number of ketones is 1. The van der Waals surface area contributed by atoms with Gasteiger partial charge in [0.05, 0.1) is 24.7 Å². The summed E-state index contributed by atoms with van der Waals surface area (Å²) < 4.78 is 11.2. The Morgan fingerprint density at radius 2 is 1.88 bits per heavy atom. The fraction of sp³-hybridized carbons (Fsp3) is 0.929. The lowest BCUT2D eigenvalue weighted by molar-refractivity contribution is -0.167. The highest BCUT2D eigenvalue weighted by Crippen LogP contribution is 2.45. The van der Waals surface area contributed by atoms with Gasteiger partial charge in [-0.25, -0.2) is 0 Å². The molecule has 0 aliphatic heterocycles. The van der Waals surface area contributed by atoms with Gasteiger partial charge in [0, 0.05) is 13.0 Å². The molecular weight excluding hydrogens is 216 g/mol. The van der Waals surface area contributed by atoms with Crippen LogP contribution in [0.15, 0.2) is 0 Å². The van der Waals surface area contributed by atoms with E-state index >= 15 is 0 Å². The van der Waals surface area contributed by atoms with E-state index in [1.165, 1.54) is 0 Å². The molecule has 0 aromatic rings. The van der Waals surface area contributed by atoms with Gasteiger partial charge in [-0.15, -0.1) is 0 Å². The lowest BCUT2D eigenvalue weighted by atomic mass is 9.61. The minimum atomic E-state index is -0.191. The second kappa shape index (κ2) is 7.12. The molecule has 1 unspecified atom stereocenters. The molecule has 100 valence electrons. The maximum atomic E-state index is 11.7. The molecule has 0 aromatic heterocycles. The lowest BCUT2D eigenvalue weighted by Gasteiger charge is -2.46. The fourth-order valence-corrected chi connectivity index (χ4v) is 2.53. The van der Waals surface area contributed by atoms with Gasteiger partial charge in [-0.05, 0) is 19.3 Å². The van der Waals surface area contributed by atoms with Gasteiger partial charge in [-0.3, -0.25) is 4.79 Å². The summed E-state index contributed by atoms with van der Waals surface area (Å²) in [5.74, 6) is 0.374. The van der Waals surface area contributed by atoms with Gasteiger partial charge in [0.1, 0.15) is 5.78 Å². The third kappa shape index (κ3) is 3.29. The van der Waals surface area contributed by atoms with Crippen molar-refractivity contribution in [1.82, 2.24) is 0 Å². The second-order valence-electron chi connectivity index (χ2n) is 4.82. The molecule has 0 radical (unpaired) electrons. The summed E-state index contributed by atoms with van der Waals surface area (Å²) in [4.78, 5) is 11.7. The van der Waals surface area contributed by atoms with Crippen molar-refractivity contribution < 1.29 is 14.3 Å². The Morgan fingerprint density at radius 3 is 2.41 bits per heavy atom. The SMILES string of the molecule is CCCCOCCOC1CC(=O)C1(CC)CC. The van der Waals surface area contributed by atoms with Gasteiger partial charge < -0.3 is 9.47 Å². The van der Waals surface area contributed by atoms with Crippen LogP contribution in [-0.4, -0.2) is 31.7 Å². The predicted octanol–water partition coefficient (Wildman–Crippen LogP) is 2.97. The van der Waals surface area contributed by atoms with Gasteiger partial charge >= 0.3 is 0 Å². The van der Waals surface area contributed by atoms with Gasteiger partial charge in [-0.1, -0.05) is 27.2 Å². The van der Waals surface area contributed by atoms with Crippen LogP contribution in [0.1, 0.15) is 52.9 Å². The van der Waals surface area contributed by atoms with Crippen LogP contribution < -0.4 is 0 Å². The Kier molecular flexibility index (Phi) is 6.14. The molecule has 1 aliphatic rings. The predicted molar refractivity (Wildman–Crippen MR) is 68.1 cm³/mol. The number of ether oxygens (including phenoxy) is 2. The molecule has 3 nitrogen and oxygen atoms in total. The number of carbonyl (C=O) groups is 1. The highest BCUT2D eigenvalue weighted by molar-refractivity contribution is 5.92. The van der Waals surface area contributed by atoms with Crippen molar-refractivity contribution in [3.05, 3.63) is 0 Å². The maximum absolute atomic E-state index is 11.7. The zero-order valence-corrected chi connectivity index (χ0v) is 11.5. The molecule has 0 spiro atoms. The van der Waals surface area contributed by atoms with Crippen LogP contribution in [0.4, 0.5) is 0 Å². The number of hydrogen-bond donors (Lipinski definition) is 0. The molecule has 1 atom stereocenters. The van der Waals surface area contributed by atoms with Crippen molar-refractivity contribution in [2.75, 3.05) is 19.8 Å². The van der Waals surface area contributed by atoms with Crippen molar-refractivity contribution in [2.45, 2.75) is 59.0 Å². The molecule has 0 bridgehead atoms. The van der Waals surface area contributed by atoms with Gasteiger partial charge in [0.2, 0.25) is 0 Å². The molecule has 0 aromatic carbocycles. The van der Waals surface area contributed by atoms with Gasteiger partial charge in [0.25, 0.3) is 0 Å². The molecule has 0 heterocycles. The van der Waals surface area contributed by atoms with Gasteiger partial charge in [-0.2, -0.15) is 0 Å². The Hall–Kier alpha value is -0.410. The van der Waals surface area contributed by atoms with Crippen LogP contribution in [-0.2, 0) is 14.3 Å². The van der Waals surface area contributed by atoms with Crippen LogP contribution in [0.25, 0.3) is 0 Å². The van der Waals surface area contributed by atoms with E-state index < -0.39 is 0 Å². The first-order chi connectivity index (χ1) is 8.21. The Bertz CT molecular complexity index is 234. The Labute approximate surface area is 105 Å². The summed E-state index contributed by atoms with van der Waals surface area (Å²) in [6, 6.07) is 0. The summed E-state index contributed by atoms with van der Waals surface area (Å²) in [5, 5.41) is 0. The molecule has 1 saturated carbocycles. The first-order valence-electron chi connectivity index (χ1n) is 6.93. The van der Waals surface area contributed by atoms with Crippen molar-refractivity contribution >= 4 is 5.78 Å². The van der Waals surface area contributed by atoms with Crippen molar-refractivity contribution in [3.63, 3.8) is 0 Å². The van der Waals surface area contributed by atoms with E-state index in [-0.39, 0.29) is 11.5 Å². The number of Topliss-reactive ketones (excluding diaryl/α,β-unsaturated/α-hetero) is 1. The smallest absolute Gasteiger partial charge is 0.144 e. The Balaban J connectivity index is 2.17. The summed E-state index contributed by atoms with van der Waals surface area (Å²) in [6.45, 7) is 8.38. The van der Waals surface area contributed by atoms with Crippen LogP contribution in [0.2, 0.25) is 0 Å². The third-order valence-corrected chi connectivity index (χ3v) is 3.99. The van der Waals surface area contributed by atoms with E-state index in [2.05, 4.69) is 20.8 Å². The van der Waals surface area contributed by atoms with E-state index in [1.807, 2.05) is 0 Å². The van der Waals surface area contributed by atoms with E-state index in [4.69, 9.17) is 9.47 Å². The van der Waals surface area contributed by atoms with E-state index in [9.17, 15) is 4.79 Å². The molecule has 0 N–H and O–H groups in total. The van der Waals surface area contributed by atoms with E-state index in [1.54, 1.807) is 0 Å². The van der Waals surface area contributed by atoms with Crippen LogP contribution in [0.3, 0.4) is 0 Å². The summed E-state index contributed by atoms with van der Waals surface area (Å²) in [7, 11) is 0. The second-order valence-corrected chi connectivity index (χ2v) is 4.82. The quantitative estimate of drug-likeness (QED) is 0.583. The first kappa shape index (κ1) is 14.7. The topological polar surface area (TPSA) is 35.5 Å². The largest absolute Gasteiger partial charge is 0.379 e. The van der Waals surface area contributed by atoms with Crippen molar-refractivity contribution in [2.24, 2.45) is 5.41 Å². The van der Waals surface area contributed by atoms with E-state index in [0.717, 1.165) is 32.3 Å². The lowest BCUT2D eigenvalue weighted by Crippen LogP contribution is -2.54. The molecule has 17 heavy (non-hydrogen) atoms. The highest BCUT2D eigenvalue weighted by Gasteiger charge is 2.52. The average Bonchev–Trinajstić information content (AvgIpc) is 2.34. The normalized spacial score (nSPS) is 22.5. The molecule has 1 rings (SSSR count). The standard InChI is InChI=1S/C14H26O3/c1-4-7-8-16-9-10-17-13-11-12(15)14(13,5-2)6-3/h13H,4-11H2,1-3H3. The molecule has 0 amide bonds. The number of unbranched alkanes of at least 4 members (excludes halogenated alkanes) is 1. The Morgan fingerprint density at radius 1 is 1.18 bits per heavy atom. The maximum Gasteiger partial charge on any atom is 0.144 e. The monoisotopic (exact) mass is 242 g/mol. The zero-order chi connectivity index (χ0) is 12.7.